The zero-order valence-electron chi connectivity index (χ0n) is 9.32. The SMILES string of the molecule is Cc1ccc(F)c(NCC(C)(C)C)c1. The van der Waals surface area contributed by atoms with Gasteiger partial charge in [0.25, 0.3) is 0 Å². The van der Waals surface area contributed by atoms with E-state index >= 15 is 0 Å². The molecule has 0 atom stereocenters. The fourth-order valence-electron chi connectivity index (χ4n) is 1.13. The van der Waals surface area contributed by atoms with Crippen molar-refractivity contribution in [1.29, 1.82) is 0 Å². The van der Waals surface area contributed by atoms with Gasteiger partial charge in [0, 0.05) is 6.54 Å². The van der Waals surface area contributed by atoms with Crippen LogP contribution >= 0.6 is 0 Å². The van der Waals surface area contributed by atoms with Crippen molar-refractivity contribution in [1.82, 2.24) is 0 Å². The average Bonchev–Trinajstić information content (AvgIpc) is 2.05. The van der Waals surface area contributed by atoms with E-state index in [9.17, 15) is 4.39 Å². The number of aryl methyl sites for hydroxylation is 1. The van der Waals surface area contributed by atoms with Crippen LogP contribution in [0.1, 0.15) is 26.3 Å². The second-order valence-corrected chi connectivity index (χ2v) is 4.90. The van der Waals surface area contributed by atoms with E-state index in [-0.39, 0.29) is 11.2 Å². The van der Waals surface area contributed by atoms with Crippen molar-refractivity contribution < 1.29 is 4.39 Å². The van der Waals surface area contributed by atoms with Crippen molar-refractivity contribution in [3.63, 3.8) is 0 Å². The number of hydrogen-bond acceptors (Lipinski definition) is 1. The third kappa shape index (κ3) is 3.36. The van der Waals surface area contributed by atoms with Crippen LogP contribution < -0.4 is 5.32 Å². The van der Waals surface area contributed by atoms with Crippen LogP contribution in [0, 0.1) is 18.2 Å². The minimum absolute atomic E-state index is 0.163. The number of benzene rings is 1. The molecule has 0 aliphatic carbocycles. The van der Waals surface area contributed by atoms with Gasteiger partial charge in [0.1, 0.15) is 5.82 Å². The maximum atomic E-state index is 13.3. The summed E-state index contributed by atoms with van der Waals surface area (Å²) in [5, 5.41) is 3.12. The number of hydrogen-bond donors (Lipinski definition) is 1. The first-order valence-electron chi connectivity index (χ1n) is 4.88. The Balaban J connectivity index is 2.72. The average molecular weight is 195 g/mol. The quantitative estimate of drug-likeness (QED) is 0.760. The lowest BCUT2D eigenvalue weighted by Crippen LogP contribution is -2.19. The van der Waals surface area contributed by atoms with E-state index in [1.807, 2.05) is 13.0 Å². The van der Waals surface area contributed by atoms with Gasteiger partial charge in [0.2, 0.25) is 0 Å². The molecule has 0 heterocycles. The lowest BCUT2D eigenvalue weighted by Gasteiger charge is -2.20. The summed E-state index contributed by atoms with van der Waals surface area (Å²) in [5.74, 6) is -0.181. The molecule has 0 aliphatic rings. The molecule has 0 radical (unpaired) electrons. The molecule has 14 heavy (non-hydrogen) atoms. The molecular formula is C12H18FN. The van der Waals surface area contributed by atoms with Gasteiger partial charge in [-0.05, 0) is 30.0 Å². The van der Waals surface area contributed by atoms with Gasteiger partial charge < -0.3 is 5.32 Å². The van der Waals surface area contributed by atoms with E-state index in [2.05, 4.69) is 26.1 Å². The molecule has 0 spiro atoms. The second kappa shape index (κ2) is 3.99. The summed E-state index contributed by atoms with van der Waals surface area (Å²) in [4.78, 5) is 0. The third-order valence-corrected chi connectivity index (χ3v) is 1.93. The predicted molar refractivity (Wildman–Crippen MR) is 59.1 cm³/mol. The van der Waals surface area contributed by atoms with Crippen LogP contribution in [0.3, 0.4) is 0 Å². The molecule has 1 nitrogen and oxygen atoms in total. The molecule has 1 N–H and O–H groups in total. The number of rotatable bonds is 2. The lowest BCUT2D eigenvalue weighted by molar-refractivity contribution is 0.442. The number of anilines is 1. The molecule has 0 amide bonds. The molecule has 1 aromatic rings. The standard InChI is InChI=1S/C12H18FN/c1-9-5-6-10(13)11(7-9)14-8-12(2,3)4/h5-7,14H,8H2,1-4H3. The van der Waals surface area contributed by atoms with Crippen molar-refractivity contribution in [2.24, 2.45) is 5.41 Å². The normalized spacial score (nSPS) is 11.5. The topological polar surface area (TPSA) is 12.0 Å². The molecule has 2 heteroatoms. The van der Waals surface area contributed by atoms with Crippen molar-refractivity contribution in [2.75, 3.05) is 11.9 Å². The summed E-state index contributed by atoms with van der Waals surface area (Å²) in [5.41, 5.74) is 1.83. The monoisotopic (exact) mass is 195 g/mol. The Labute approximate surface area is 85.3 Å². The zero-order chi connectivity index (χ0) is 10.8. The first-order chi connectivity index (χ1) is 6.38. The molecule has 1 rings (SSSR count). The highest BCUT2D eigenvalue weighted by Gasteiger charge is 2.10. The van der Waals surface area contributed by atoms with E-state index in [0.717, 1.165) is 12.1 Å². The van der Waals surface area contributed by atoms with E-state index in [1.54, 1.807) is 6.07 Å². The highest BCUT2D eigenvalue weighted by atomic mass is 19.1. The molecule has 0 fully saturated rings. The highest BCUT2D eigenvalue weighted by Crippen LogP contribution is 2.19. The minimum Gasteiger partial charge on any atom is -0.382 e. The number of halogens is 1. The number of nitrogens with one attached hydrogen (secondary N) is 1. The van der Waals surface area contributed by atoms with E-state index in [1.165, 1.54) is 6.07 Å². The fourth-order valence-corrected chi connectivity index (χ4v) is 1.13. The summed E-state index contributed by atoms with van der Waals surface area (Å²) >= 11 is 0. The van der Waals surface area contributed by atoms with Gasteiger partial charge in [0.15, 0.2) is 0 Å². The van der Waals surface area contributed by atoms with Crippen LogP contribution in [0.25, 0.3) is 0 Å². The van der Waals surface area contributed by atoms with E-state index in [0.29, 0.717) is 5.69 Å². The smallest absolute Gasteiger partial charge is 0.146 e. The summed E-state index contributed by atoms with van der Waals surface area (Å²) in [6.07, 6.45) is 0. The predicted octanol–water partition coefficient (Wildman–Crippen LogP) is 3.59. The molecule has 0 saturated carbocycles. The van der Waals surface area contributed by atoms with Crippen molar-refractivity contribution in [3.05, 3.63) is 29.6 Å². The molecule has 1 aromatic carbocycles. The van der Waals surface area contributed by atoms with E-state index in [4.69, 9.17) is 0 Å². The second-order valence-electron chi connectivity index (χ2n) is 4.90. The molecule has 0 aliphatic heterocycles. The van der Waals surface area contributed by atoms with Gasteiger partial charge >= 0.3 is 0 Å². The van der Waals surface area contributed by atoms with Gasteiger partial charge in [-0.3, -0.25) is 0 Å². The van der Waals surface area contributed by atoms with Gasteiger partial charge in [0.05, 0.1) is 5.69 Å². The van der Waals surface area contributed by atoms with Crippen molar-refractivity contribution in [2.45, 2.75) is 27.7 Å². The van der Waals surface area contributed by atoms with Gasteiger partial charge in [-0.2, -0.15) is 0 Å². The van der Waals surface area contributed by atoms with E-state index < -0.39 is 0 Å². The van der Waals surface area contributed by atoms with Gasteiger partial charge in [-0.15, -0.1) is 0 Å². The molecule has 0 bridgehead atoms. The summed E-state index contributed by atoms with van der Waals surface area (Å²) in [7, 11) is 0. The minimum atomic E-state index is -0.181. The Morgan fingerprint density at radius 2 is 1.93 bits per heavy atom. The molecule has 0 saturated heterocycles. The molecule has 78 valence electrons. The van der Waals surface area contributed by atoms with Crippen LogP contribution in [0.2, 0.25) is 0 Å². The van der Waals surface area contributed by atoms with Crippen molar-refractivity contribution in [3.8, 4) is 0 Å². The lowest BCUT2D eigenvalue weighted by atomic mass is 9.97. The Hall–Kier alpha value is -1.05. The highest BCUT2D eigenvalue weighted by molar-refractivity contribution is 5.47. The molecule has 0 aromatic heterocycles. The van der Waals surface area contributed by atoms with Crippen LogP contribution in [-0.2, 0) is 0 Å². The third-order valence-electron chi connectivity index (χ3n) is 1.93. The first-order valence-corrected chi connectivity index (χ1v) is 4.88. The van der Waals surface area contributed by atoms with Crippen LogP contribution in [0.15, 0.2) is 18.2 Å². The molecular weight excluding hydrogens is 177 g/mol. The van der Waals surface area contributed by atoms with Crippen LogP contribution in [-0.4, -0.2) is 6.54 Å². The van der Waals surface area contributed by atoms with Crippen LogP contribution in [0.5, 0.6) is 0 Å². The summed E-state index contributed by atoms with van der Waals surface area (Å²) in [6.45, 7) is 9.09. The maximum Gasteiger partial charge on any atom is 0.146 e. The Bertz CT molecular complexity index is 313. The Kier molecular flexibility index (Phi) is 3.14. The van der Waals surface area contributed by atoms with Gasteiger partial charge in [-0.25, -0.2) is 4.39 Å². The zero-order valence-corrected chi connectivity index (χ0v) is 9.32. The molecule has 0 unspecified atom stereocenters. The van der Waals surface area contributed by atoms with Gasteiger partial charge in [-0.1, -0.05) is 26.8 Å². The Morgan fingerprint density at radius 1 is 1.29 bits per heavy atom. The summed E-state index contributed by atoms with van der Waals surface area (Å²) in [6, 6.07) is 5.11. The van der Waals surface area contributed by atoms with Crippen molar-refractivity contribution >= 4 is 5.69 Å². The van der Waals surface area contributed by atoms with Crippen LogP contribution in [0.4, 0.5) is 10.1 Å². The Morgan fingerprint density at radius 3 is 2.50 bits per heavy atom. The fraction of sp³-hybridized carbons (Fsp3) is 0.500. The maximum absolute atomic E-state index is 13.3. The summed E-state index contributed by atoms with van der Waals surface area (Å²) < 4.78 is 13.3. The first kappa shape index (κ1) is 11.0. The largest absolute Gasteiger partial charge is 0.382 e.